The summed E-state index contributed by atoms with van der Waals surface area (Å²) < 4.78 is 10.3. The number of piperidine rings is 1. The molecular weight excluding hydrogens is 294 g/mol. The minimum atomic E-state index is -0.0210. The molecule has 0 unspecified atom stereocenters. The van der Waals surface area contributed by atoms with Gasteiger partial charge in [0.1, 0.15) is 5.76 Å². The SMILES string of the molecule is COCC1(CNC(=O)Cc2cc(C)on2)CCNCC1.Cl. The van der Waals surface area contributed by atoms with Crippen LogP contribution in [-0.2, 0) is 16.0 Å². The van der Waals surface area contributed by atoms with Crippen molar-refractivity contribution < 1.29 is 14.1 Å². The van der Waals surface area contributed by atoms with Gasteiger partial charge in [0.2, 0.25) is 5.91 Å². The standard InChI is InChI=1S/C14H23N3O3.ClH/c1-11-7-12(17-20-11)8-13(18)16-9-14(10-19-2)3-5-15-6-4-14;/h7,15H,3-6,8-10H2,1-2H3,(H,16,18);1H. The normalized spacial score (nSPS) is 17.0. The summed E-state index contributed by atoms with van der Waals surface area (Å²) in [7, 11) is 1.71. The Morgan fingerprint density at radius 2 is 2.24 bits per heavy atom. The van der Waals surface area contributed by atoms with E-state index in [1.54, 1.807) is 13.2 Å². The number of rotatable bonds is 6. The Bertz CT molecular complexity index is 439. The molecule has 7 heteroatoms. The quantitative estimate of drug-likeness (QED) is 0.821. The molecule has 120 valence electrons. The lowest BCUT2D eigenvalue weighted by molar-refractivity contribution is -0.121. The van der Waals surface area contributed by atoms with Gasteiger partial charge in [-0.05, 0) is 32.9 Å². The number of nitrogens with zero attached hydrogens (tertiary/aromatic N) is 1. The second kappa shape index (κ2) is 8.36. The predicted molar refractivity (Wildman–Crippen MR) is 81.6 cm³/mol. The van der Waals surface area contributed by atoms with Gasteiger partial charge >= 0.3 is 0 Å². The second-order valence-electron chi connectivity index (χ2n) is 5.57. The van der Waals surface area contributed by atoms with Crippen LogP contribution in [0.25, 0.3) is 0 Å². The third-order valence-electron chi connectivity index (χ3n) is 3.79. The number of carbonyl (C=O) groups excluding carboxylic acids is 1. The van der Waals surface area contributed by atoms with E-state index in [1.165, 1.54) is 0 Å². The molecule has 1 aliphatic heterocycles. The van der Waals surface area contributed by atoms with Gasteiger partial charge in [0.25, 0.3) is 0 Å². The highest BCUT2D eigenvalue weighted by Gasteiger charge is 2.32. The minimum absolute atomic E-state index is 0. The maximum absolute atomic E-state index is 12.0. The summed E-state index contributed by atoms with van der Waals surface area (Å²) in [6.45, 7) is 5.09. The zero-order chi connectivity index (χ0) is 14.4. The fraction of sp³-hybridized carbons (Fsp3) is 0.714. The molecule has 1 fully saturated rings. The van der Waals surface area contributed by atoms with E-state index in [-0.39, 0.29) is 30.2 Å². The van der Waals surface area contributed by atoms with Gasteiger partial charge in [-0.2, -0.15) is 0 Å². The van der Waals surface area contributed by atoms with Crippen LogP contribution in [0.15, 0.2) is 10.6 Å². The molecule has 21 heavy (non-hydrogen) atoms. The first kappa shape index (κ1) is 17.9. The Morgan fingerprint density at radius 1 is 1.52 bits per heavy atom. The molecule has 2 heterocycles. The van der Waals surface area contributed by atoms with Crippen molar-refractivity contribution in [1.29, 1.82) is 0 Å². The summed E-state index contributed by atoms with van der Waals surface area (Å²) in [6.07, 6.45) is 2.30. The highest BCUT2D eigenvalue weighted by atomic mass is 35.5. The maximum Gasteiger partial charge on any atom is 0.226 e. The number of carbonyl (C=O) groups is 1. The number of ether oxygens (including phenoxy) is 1. The van der Waals surface area contributed by atoms with E-state index in [0.717, 1.165) is 31.7 Å². The number of amides is 1. The van der Waals surface area contributed by atoms with E-state index in [0.29, 0.717) is 18.8 Å². The topological polar surface area (TPSA) is 76.4 Å². The molecule has 1 aromatic rings. The molecule has 1 amide bonds. The summed E-state index contributed by atoms with van der Waals surface area (Å²) in [5.41, 5.74) is 0.723. The molecule has 1 saturated heterocycles. The van der Waals surface area contributed by atoms with Gasteiger partial charge < -0.3 is 19.9 Å². The molecule has 0 saturated carbocycles. The number of methoxy groups -OCH3 is 1. The van der Waals surface area contributed by atoms with Crippen LogP contribution in [0.5, 0.6) is 0 Å². The van der Waals surface area contributed by atoms with E-state index in [1.807, 2.05) is 6.92 Å². The molecule has 0 aromatic carbocycles. The number of halogens is 1. The fourth-order valence-corrected chi connectivity index (χ4v) is 2.65. The zero-order valence-corrected chi connectivity index (χ0v) is 13.4. The van der Waals surface area contributed by atoms with Crippen molar-refractivity contribution in [3.05, 3.63) is 17.5 Å². The average molecular weight is 318 g/mol. The third kappa shape index (κ3) is 5.30. The van der Waals surface area contributed by atoms with E-state index in [2.05, 4.69) is 15.8 Å². The largest absolute Gasteiger partial charge is 0.384 e. The van der Waals surface area contributed by atoms with Crippen LogP contribution < -0.4 is 10.6 Å². The third-order valence-corrected chi connectivity index (χ3v) is 3.79. The Hall–Kier alpha value is -1.11. The van der Waals surface area contributed by atoms with Crippen LogP contribution in [0.3, 0.4) is 0 Å². The molecule has 1 aliphatic rings. The summed E-state index contributed by atoms with van der Waals surface area (Å²) in [5.74, 6) is 0.703. The van der Waals surface area contributed by atoms with Crippen molar-refractivity contribution in [1.82, 2.24) is 15.8 Å². The number of nitrogens with one attached hydrogen (secondary N) is 2. The van der Waals surface area contributed by atoms with Crippen molar-refractivity contribution >= 4 is 18.3 Å². The van der Waals surface area contributed by atoms with E-state index in [9.17, 15) is 4.79 Å². The van der Waals surface area contributed by atoms with Crippen LogP contribution in [-0.4, -0.2) is 44.4 Å². The van der Waals surface area contributed by atoms with Gasteiger partial charge in [-0.3, -0.25) is 4.79 Å². The summed E-state index contributed by atoms with van der Waals surface area (Å²) in [5, 5.41) is 10.2. The van der Waals surface area contributed by atoms with Crippen molar-refractivity contribution in [3.8, 4) is 0 Å². The van der Waals surface area contributed by atoms with Gasteiger partial charge in [-0.1, -0.05) is 5.16 Å². The first-order valence-corrected chi connectivity index (χ1v) is 7.02. The van der Waals surface area contributed by atoms with E-state index < -0.39 is 0 Å². The molecular formula is C14H24ClN3O3. The number of hydrogen-bond donors (Lipinski definition) is 2. The molecule has 0 atom stereocenters. The molecule has 0 bridgehead atoms. The van der Waals surface area contributed by atoms with Gasteiger partial charge in [0.05, 0.1) is 18.7 Å². The zero-order valence-electron chi connectivity index (χ0n) is 12.6. The van der Waals surface area contributed by atoms with Crippen LogP contribution >= 0.6 is 12.4 Å². The average Bonchev–Trinajstić information content (AvgIpc) is 2.83. The van der Waals surface area contributed by atoms with Gasteiger partial charge in [0.15, 0.2) is 0 Å². The lowest BCUT2D eigenvalue weighted by Crippen LogP contribution is -2.47. The lowest BCUT2D eigenvalue weighted by Gasteiger charge is -2.37. The van der Waals surface area contributed by atoms with Crippen LogP contribution in [0, 0.1) is 12.3 Å². The smallest absolute Gasteiger partial charge is 0.226 e. The van der Waals surface area contributed by atoms with E-state index >= 15 is 0 Å². The molecule has 1 aromatic heterocycles. The number of aryl methyl sites for hydroxylation is 1. The summed E-state index contributed by atoms with van der Waals surface area (Å²) in [4.78, 5) is 12.0. The van der Waals surface area contributed by atoms with Crippen molar-refractivity contribution in [3.63, 3.8) is 0 Å². The first-order valence-electron chi connectivity index (χ1n) is 7.02. The number of aromatic nitrogens is 1. The summed E-state index contributed by atoms with van der Waals surface area (Å²) >= 11 is 0. The fourth-order valence-electron chi connectivity index (χ4n) is 2.65. The van der Waals surface area contributed by atoms with Crippen LogP contribution in [0.1, 0.15) is 24.3 Å². The molecule has 6 nitrogen and oxygen atoms in total. The molecule has 0 radical (unpaired) electrons. The van der Waals surface area contributed by atoms with Gasteiger partial charge in [0, 0.05) is 25.1 Å². The maximum atomic E-state index is 12.0. The van der Waals surface area contributed by atoms with Gasteiger partial charge in [-0.15, -0.1) is 12.4 Å². The van der Waals surface area contributed by atoms with Crippen molar-refractivity contribution in [2.45, 2.75) is 26.2 Å². The van der Waals surface area contributed by atoms with Crippen molar-refractivity contribution in [2.24, 2.45) is 5.41 Å². The lowest BCUT2D eigenvalue weighted by atomic mass is 9.79. The Labute approximate surface area is 131 Å². The molecule has 2 N–H and O–H groups in total. The minimum Gasteiger partial charge on any atom is -0.384 e. The Balaban J connectivity index is 0.00000220. The van der Waals surface area contributed by atoms with Gasteiger partial charge in [-0.25, -0.2) is 0 Å². The monoisotopic (exact) mass is 317 g/mol. The predicted octanol–water partition coefficient (Wildman–Crippen LogP) is 1.08. The van der Waals surface area contributed by atoms with E-state index in [4.69, 9.17) is 9.26 Å². The Kier molecular flexibility index (Phi) is 7.14. The molecule has 0 aliphatic carbocycles. The highest BCUT2D eigenvalue weighted by molar-refractivity contribution is 5.85. The second-order valence-corrected chi connectivity index (χ2v) is 5.57. The van der Waals surface area contributed by atoms with Crippen LogP contribution in [0.4, 0.5) is 0 Å². The van der Waals surface area contributed by atoms with Crippen LogP contribution in [0.2, 0.25) is 0 Å². The molecule has 2 rings (SSSR count). The molecule has 0 spiro atoms. The van der Waals surface area contributed by atoms with Crippen molar-refractivity contribution in [2.75, 3.05) is 33.4 Å². The number of hydrogen-bond acceptors (Lipinski definition) is 5. The Morgan fingerprint density at radius 3 is 2.81 bits per heavy atom. The highest BCUT2D eigenvalue weighted by Crippen LogP contribution is 2.28. The summed E-state index contributed by atoms with van der Waals surface area (Å²) in [6, 6.07) is 1.79. The first-order chi connectivity index (χ1) is 9.63.